The van der Waals surface area contributed by atoms with Crippen molar-refractivity contribution < 1.29 is 14.0 Å². The van der Waals surface area contributed by atoms with Gasteiger partial charge < -0.3 is 14.6 Å². The fourth-order valence-corrected chi connectivity index (χ4v) is 3.78. The molecule has 0 atom stereocenters. The molecule has 2 aromatic heterocycles. The van der Waals surface area contributed by atoms with Crippen molar-refractivity contribution in [1.82, 2.24) is 15.2 Å². The average Bonchev–Trinajstić information content (AvgIpc) is 3.18. The highest BCUT2D eigenvalue weighted by atomic mass is 16.3. The van der Waals surface area contributed by atoms with Gasteiger partial charge in [-0.15, -0.1) is 0 Å². The Morgan fingerprint density at radius 2 is 1.97 bits per heavy atom. The Morgan fingerprint density at radius 3 is 2.69 bits per heavy atom. The Labute approximate surface area is 169 Å². The van der Waals surface area contributed by atoms with E-state index in [4.69, 9.17) is 4.42 Å². The quantitative estimate of drug-likeness (QED) is 0.742. The topological polar surface area (TPSA) is 75.4 Å². The van der Waals surface area contributed by atoms with Crippen molar-refractivity contribution in [2.75, 3.05) is 6.54 Å². The van der Waals surface area contributed by atoms with Gasteiger partial charge in [0.15, 0.2) is 0 Å². The number of rotatable bonds is 4. The number of hydrogen-bond donors (Lipinski definition) is 1. The first-order valence-electron chi connectivity index (χ1n) is 9.67. The maximum atomic E-state index is 12.8. The lowest BCUT2D eigenvalue weighted by Crippen LogP contribution is -2.37. The van der Waals surface area contributed by atoms with Crippen molar-refractivity contribution >= 4 is 11.8 Å². The standard InChI is InChI=1S/C23H23N3O3/c1-15-21(13-25-22(27)19-9-11-29-16(19)2)20-8-10-26(14-18(20)12-24-15)23(28)17-6-4-3-5-7-17/h3-7,9,11-12H,8,10,13-14H2,1-2H3,(H,25,27). The van der Waals surface area contributed by atoms with Gasteiger partial charge in [0.25, 0.3) is 11.8 Å². The van der Waals surface area contributed by atoms with Crippen molar-refractivity contribution in [1.29, 1.82) is 0 Å². The number of furan rings is 1. The zero-order valence-electron chi connectivity index (χ0n) is 16.6. The van der Waals surface area contributed by atoms with Crippen LogP contribution in [0.15, 0.2) is 53.3 Å². The number of aryl methyl sites for hydroxylation is 2. The van der Waals surface area contributed by atoms with E-state index in [1.165, 1.54) is 11.8 Å². The molecule has 4 rings (SSSR count). The molecule has 0 aliphatic carbocycles. The maximum Gasteiger partial charge on any atom is 0.255 e. The van der Waals surface area contributed by atoms with E-state index in [1.807, 2.05) is 48.4 Å². The second-order valence-corrected chi connectivity index (χ2v) is 7.24. The molecule has 2 amide bonds. The van der Waals surface area contributed by atoms with E-state index in [-0.39, 0.29) is 11.8 Å². The molecule has 0 fully saturated rings. The first kappa shape index (κ1) is 18.9. The van der Waals surface area contributed by atoms with Crippen molar-refractivity contribution in [3.63, 3.8) is 0 Å². The summed E-state index contributed by atoms with van der Waals surface area (Å²) in [7, 11) is 0. The number of amides is 2. The summed E-state index contributed by atoms with van der Waals surface area (Å²) < 4.78 is 5.21. The lowest BCUT2D eigenvalue weighted by molar-refractivity contribution is 0.0734. The summed E-state index contributed by atoms with van der Waals surface area (Å²) in [5.41, 5.74) is 5.38. The highest BCUT2D eigenvalue weighted by molar-refractivity contribution is 5.95. The molecule has 0 saturated heterocycles. The van der Waals surface area contributed by atoms with Crippen LogP contribution < -0.4 is 5.32 Å². The number of nitrogens with one attached hydrogen (secondary N) is 1. The molecule has 0 saturated carbocycles. The molecule has 6 nitrogen and oxygen atoms in total. The van der Waals surface area contributed by atoms with Crippen LogP contribution in [0.2, 0.25) is 0 Å². The normalized spacial score (nSPS) is 13.1. The smallest absolute Gasteiger partial charge is 0.255 e. The molecule has 3 heterocycles. The largest absolute Gasteiger partial charge is 0.469 e. The van der Waals surface area contributed by atoms with Gasteiger partial charge in [0.1, 0.15) is 5.76 Å². The van der Waals surface area contributed by atoms with E-state index in [9.17, 15) is 9.59 Å². The van der Waals surface area contributed by atoms with Gasteiger partial charge in [-0.25, -0.2) is 0 Å². The zero-order chi connectivity index (χ0) is 20.4. The highest BCUT2D eigenvalue weighted by Crippen LogP contribution is 2.25. The molecular weight excluding hydrogens is 366 g/mol. The van der Waals surface area contributed by atoms with Crippen molar-refractivity contribution in [3.8, 4) is 0 Å². The van der Waals surface area contributed by atoms with Crippen molar-refractivity contribution in [2.24, 2.45) is 0 Å². The maximum absolute atomic E-state index is 12.8. The van der Waals surface area contributed by atoms with E-state index in [0.717, 1.165) is 23.2 Å². The molecule has 1 N–H and O–H groups in total. The van der Waals surface area contributed by atoms with E-state index in [1.54, 1.807) is 13.0 Å². The molecule has 3 aromatic rings. The Kier molecular flexibility index (Phi) is 5.16. The molecule has 1 aliphatic heterocycles. The Bertz CT molecular complexity index is 1060. The number of aromatic nitrogens is 1. The molecule has 1 aromatic carbocycles. The van der Waals surface area contributed by atoms with Crippen LogP contribution in [-0.2, 0) is 19.5 Å². The first-order valence-corrected chi connectivity index (χ1v) is 9.67. The number of carbonyl (C=O) groups is 2. The van der Waals surface area contributed by atoms with Crippen molar-refractivity contribution in [3.05, 3.63) is 88.1 Å². The number of nitrogens with zero attached hydrogens (tertiary/aromatic N) is 2. The van der Waals surface area contributed by atoms with Gasteiger partial charge in [0, 0.05) is 37.1 Å². The minimum atomic E-state index is -0.162. The zero-order valence-corrected chi connectivity index (χ0v) is 16.6. The predicted molar refractivity (Wildman–Crippen MR) is 108 cm³/mol. The number of carbonyl (C=O) groups excluding carboxylic acids is 2. The number of hydrogen-bond acceptors (Lipinski definition) is 4. The van der Waals surface area contributed by atoms with Crippen LogP contribution in [0.5, 0.6) is 0 Å². The molecule has 148 valence electrons. The van der Waals surface area contributed by atoms with Crippen LogP contribution in [0.25, 0.3) is 0 Å². The lowest BCUT2D eigenvalue weighted by atomic mass is 9.94. The Balaban J connectivity index is 1.51. The summed E-state index contributed by atoms with van der Waals surface area (Å²) in [6.45, 7) is 5.29. The molecule has 0 bridgehead atoms. The predicted octanol–water partition coefficient (Wildman–Crippen LogP) is 3.42. The minimum absolute atomic E-state index is 0.0297. The highest BCUT2D eigenvalue weighted by Gasteiger charge is 2.25. The summed E-state index contributed by atoms with van der Waals surface area (Å²) in [5, 5.41) is 2.97. The van der Waals surface area contributed by atoms with E-state index in [0.29, 0.717) is 36.5 Å². The van der Waals surface area contributed by atoms with Gasteiger partial charge in [0.05, 0.1) is 11.8 Å². The summed E-state index contributed by atoms with van der Waals surface area (Å²) >= 11 is 0. The summed E-state index contributed by atoms with van der Waals surface area (Å²) in [5.74, 6) is 0.467. The van der Waals surface area contributed by atoms with E-state index in [2.05, 4.69) is 10.3 Å². The fraction of sp³-hybridized carbons (Fsp3) is 0.261. The van der Waals surface area contributed by atoms with E-state index >= 15 is 0 Å². The second kappa shape index (κ2) is 7.91. The van der Waals surface area contributed by atoms with Crippen LogP contribution >= 0.6 is 0 Å². The Hall–Kier alpha value is -3.41. The average molecular weight is 389 g/mol. The lowest BCUT2D eigenvalue weighted by Gasteiger charge is -2.30. The SMILES string of the molecule is Cc1ncc2c(c1CNC(=O)c1ccoc1C)CCN(C(=O)c1ccccc1)C2. The van der Waals surface area contributed by atoms with Gasteiger partial charge in [-0.05, 0) is 55.2 Å². The third-order valence-electron chi connectivity index (χ3n) is 5.43. The monoisotopic (exact) mass is 389 g/mol. The van der Waals surface area contributed by atoms with Gasteiger partial charge in [-0.2, -0.15) is 0 Å². The summed E-state index contributed by atoms with van der Waals surface area (Å²) in [4.78, 5) is 31.6. The third-order valence-corrected chi connectivity index (χ3v) is 5.43. The molecular formula is C23H23N3O3. The first-order chi connectivity index (χ1) is 14.0. The molecule has 29 heavy (non-hydrogen) atoms. The number of fused-ring (bicyclic) bond motifs is 1. The summed E-state index contributed by atoms with van der Waals surface area (Å²) in [6, 6.07) is 11.0. The van der Waals surface area contributed by atoms with E-state index < -0.39 is 0 Å². The molecule has 0 spiro atoms. The van der Waals surface area contributed by atoms with Crippen LogP contribution in [0.1, 0.15) is 48.9 Å². The minimum Gasteiger partial charge on any atom is -0.469 e. The molecule has 1 aliphatic rings. The van der Waals surface area contributed by atoms with Crippen LogP contribution in [0.3, 0.4) is 0 Å². The van der Waals surface area contributed by atoms with Crippen LogP contribution in [0, 0.1) is 13.8 Å². The van der Waals surface area contributed by atoms with Crippen LogP contribution in [0.4, 0.5) is 0 Å². The van der Waals surface area contributed by atoms with Gasteiger partial charge in [0.2, 0.25) is 0 Å². The molecule has 0 radical (unpaired) electrons. The number of pyridine rings is 1. The van der Waals surface area contributed by atoms with Gasteiger partial charge in [-0.1, -0.05) is 18.2 Å². The van der Waals surface area contributed by atoms with Crippen LogP contribution in [-0.4, -0.2) is 28.2 Å². The molecule has 6 heteroatoms. The van der Waals surface area contributed by atoms with Gasteiger partial charge >= 0.3 is 0 Å². The van der Waals surface area contributed by atoms with Gasteiger partial charge in [-0.3, -0.25) is 14.6 Å². The Morgan fingerprint density at radius 1 is 1.17 bits per heavy atom. The van der Waals surface area contributed by atoms with Crippen molar-refractivity contribution in [2.45, 2.75) is 33.4 Å². The molecule has 0 unspecified atom stereocenters. The summed E-state index contributed by atoms with van der Waals surface area (Å²) in [6.07, 6.45) is 4.10. The third kappa shape index (κ3) is 3.78. The second-order valence-electron chi connectivity index (χ2n) is 7.24. The number of benzene rings is 1. The fourth-order valence-electron chi connectivity index (χ4n) is 3.78.